The minimum atomic E-state index is -1.21. The first-order chi connectivity index (χ1) is 20.5. The van der Waals surface area contributed by atoms with Crippen LogP contribution >= 0.6 is 22.9 Å². The van der Waals surface area contributed by atoms with Gasteiger partial charge in [-0.1, -0.05) is 17.7 Å². The van der Waals surface area contributed by atoms with Gasteiger partial charge in [0.05, 0.1) is 41.5 Å². The third-order valence-electron chi connectivity index (χ3n) is 7.48. The van der Waals surface area contributed by atoms with E-state index in [1.807, 2.05) is 20.0 Å². The first-order valence-electron chi connectivity index (χ1n) is 14.1. The van der Waals surface area contributed by atoms with Crippen molar-refractivity contribution < 1.29 is 27.8 Å². The SMILES string of the molecule is CCOC(=O)C1=C(C2CCc3nn(CC(C)(C)C(=O)OCC)cc3C2)NC(c2nccs2)=NC1c1ccc(F)c(F)c1Cl. The lowest BCUT2D eigenvalue weighted by Gasteiger charge is -2.33. The molecule has 0 bridgehead atoms. The molecule has 2 aromatic heterocycles. The van der Waals surface area contributed by atoms with Crippen LogP contribution in [-0.4, -0.2) is 45.8 Å². The van der Waals surface area contributed by atoms with Crippen LogP contribution in [-0.2, 0) is 38.4 Å². The highest BCUT2D eigenvalue weighted by molar-refractivity contribution is 7.11. The Morgan fingerprint density at radius 1 is 1.21 bits per heavy atom. The van der Waals surface area contributed by atoms with E-state index in [9.17, 15) is 18.4 Å². The van der Waals surface area contributed by atoms with Crippen molar-refractivity contribution >= 4 is 40.7 Å². The summed E-state index contributed by atoms with van der Waals surface area (Å²) in [5, 5.41) is 9.99. The molecule has 1 aliphatic carbocycles. The molecule has 1 aliphatic heterocycles. The van der Waals surface area contributed by atoms with E-state index < -0.39 is 34.1 Å². The van der Waals surface area contributed by atoms with Crippen LogP contribution in [0.3, 0.4) is 0 Å². The molecule has 9 nitrogen and oxygen atoms in total. The maximum absolute atomic E-state index is 14.7. The molecule has 0 radical (unpaired) electrons. The van der Waals surface area contributed by atoms with E-state index >= 15 is 0 Å². The first kappa shape index (κ1) is 30.8. The number of carbonyl (C=O) groups excluding carboxylic acids is 2. The zero-order valence-electron chi connectivity index (χ0n) is 24.2. The summed E-state index contributed by atoms with van der Waals surface area (Å²) in [6.45, 7) is 7.85. The lowest BCUT2D eigenvalue weighted by atomic mass is 9.81. The van der Waals surface area contributed by atoms with Crippen molar-refractivity contribution in [1.82, 2.24) is 20.1 Å². The van der Waals surface area contributed by atoms with Gasteiger partial charge in [0.25, 0.3) is 0 Å². The predicted octanol–water partition coefficient (Wildman–Crippen LogP) is 5.57. The summed E-state index contributed by atoms with van der Waals surface area (Å²) in [5.41, 5.74) is 2.01. The number of aliphatic imine (C=N–C) groups is 1. The van der Waals surface area contributed by atoms with Gasteiger partial charge in [0.15, 0.2) is 22.5 Å². The average Bonchev–Trinajstić information content (AvgIpc) is 3.65. The van der Waals surface area contributed by atoms with Crippen molar-refractivity contribution in [1.29, 1.82) is 0 Å². The zero-order chi connectivity index (χ0) is 30.9. The van der Waals surface area contributed by atoms with Crippen molar-refractivity contribution in [2.24, 2.45) is 16.3 Å². The van der Waals surface area contributed by atoms with Crippen LogP contribution in [0.5, 0.6) is 0 Å². The maximum atomic E-state index is 14.7. The van der Waals surface area contributed by atoms with Crippen molar-refractivity contribution in [3.05, 3.63) is 79.7 Å². The maximum Gasteiger partial charge on any atom is 0.338 e. The fourth-order valence-corrected chi connectivity index (χ4v) is 6.28. The predicted molar refractivity (Wildman–Crippen MR) is 158 cm³/mol. The summed E-state index contributed by atoms with van der Waals surface area (Å²) in [7, 11) is 0. The second kappa shape index (κ2) is 12.5. The second-order valence-electron chi connectivity index (χ2n) is 11.0. The second-order valence-corrected chi connectivity index (χ2v) is 12.3. The molecule has 0 saturated carbocycles. The minimum absolute atomic E-state index is 0.106. The Balaban J connectivity index is 1.55. The summed E-state index contributed by atoms with van der Waals surface area (Å²) in [4.78, 5) is 35.1. The lowest BCUT2D eigenvalue weighted by molar-refractivity contribution is -0.154. The molecule has 13 heteroatoms. The van der Waals surface area contributed by atoms with Crippen molar-refractivity contribution in [3.8, 4) is 0 Å². The highest BCUT2D eigenvalue weighted by Gasteiger charge is 2.39. The van der Waals surface area contributed by atoms with E-state index in [-0.39, 0.29) is 29.6 Å². The number of amidine groups is 1. The number of aryl methyl sites for hydroxylation is 1. The molecule has 5 rings (SSSR count). The van der Waals surface area contributed by atoms with E-state index in [0.717, 1.165) is 17.3 Å². The smallest absolute Gasteiger partial charge is 0.338 e. The van der Waals surface area contributed by atoms with Crippen LogP contribution < -0.4 is 5.32 Å². The lowest BCUT2D eigenvalue weighted by Crippen LogP contribution is -2.38. The van der Waals surface area contributed by atoms with Crippen LogP contribution in [0.25, 0.3) is 0 Å². The molecule has 3 aromatic rings. The zero-order valence-corrected chi connectivity index (χ0v) is 25.8. The molecule has 43 heavy (non-hydrogen) atoms. The third-order valence-corrected chi connectivity index (χ3v) is 8.64. The summed E-state index contributed by atoms with van der Waals surface area (Å²) in [5.74, 6) is -3.05. The van der Waals surface area contributed by atoms with Crippen LogP contribution in [0, 0.1) is 23.0 Å². The van der Waals surface area contributed by atoms with Gasteiger partial charge in [-0.05, 0) is 58.6 Å². The van der Waals surface area contributed by atoms with Gasteiger partial charge in [-0.15, -0.1) is 11.3 Å². The number of rotatable bonds is 9. The Kier molecular flexibility index (Phi) is 8.98. The monoisotopic (exact) mass is 631 g/mol. The third kappa shape index (κ3) is 6.21. The summed E-state index contributed by atoms with van der Waals surface area (Å²) >= 11 is 7.66. The topological polar surface area (TPSA) is 108 Å². The van der Waals surface area contributed by atoms with Crippen LogP contribution in [0.2, 0.25) is 5.02 Å². The summed E-state index contributed by atoms with van der Waals surface area (Å²) in [6.07, 6.45) is 5.35. The highest BCUT2D eigenvalue weighted by Crippen LogP contribution is 2.41. The van der Waals surface area contributed by atoms with E-state index in [1.165, 1.54) is 17.4 Å². The van der Waals surface area contributed by atoms with Gasteiger partial charge in [-0.3, -0.25) is 14.5 Å². The molecule has 228 valence electrons. The number of allylic oxidation sites excluding steroid dienone is 1. The van der Waals surface area contributed by atoms with Crippen molar-refractivity contribution in [3.63, 3.8) is 0 Å². The molecule has 0 saturated heterocycles. The van der Waals surface area contributed by atoms with Gasteiger partial charge < -0.3 is 14.8 Å². The molecular weight excluding hydrogens is 600 g/mol. The Morgan fingerprint density at radius 3 is 2.67 bits per heavy atom. The number of aromatic nitrogens is 3. The number of benzene rings is 1. The number of hydrogen-bond acceptors (Lipinski definition) is 9. The van der Waals surface area contributed by atoms with E-state index in [4.69, 9.17) is 31.2 Å². The highest BCUT2D eigenvalue weighted by atomic mass is 35.5. The number of ether oxygens (including phenoxy) is 2. The number of hydrogen-bond donors (Lipinski definition) is 1. The van der Waals surface area contributed by atoms with Gasteiger partial charge in [0, 0.05) is 35.0 Å². The van der Waals surface area contributed by atoms with Gasteiger partial charge in [0.2, 0.25) is 0 Å². The molecule has 1 aromatic carbocycles. The van der Waals surface area contributed by atoms with Crippen molar-refractivity contribution in [2.45, 2.75) is 59.5 Å². The molecule has 0 fully saturated rings. The Labute approximate surface area is 257 Å². The Bertz CT molecular complexity index is 1600. The van der Waals surface area contributed by atoms with Gasteiger partial charge in [0.1, 0.15) is 6.04 Å². The molecule has 2 unspecified atom stereocenters. The van der Waals surface area contributed by atoms with E-state index in [1.54, 1.807) is 30.1 Å². The fourth-order valence-electron chi connectivity index (χ4n) is 5.43. The average molecular weight is 632 g/mol. The van der Waals surface area contributed by atoms with Gasteiger partial charge in [-0.25, -0.2) is 18.6 Å². The van der Waals surface area contributed by atoms with Gasteiger partial charge in [-0.2, -0.15) is 5.10 Å². The minimum Gasteiger partial charge on any atom is -0.466 e. The van der Waals surface area contributed by atoms with Crippen LogP contribution in [0.15, 0.2) is 46.2 Å². The fraction of sp³-hybridized carbons (Fsp3) is 0.433. The molecule has 3 heterocycles. The van der Waals surface area contributed by atoms with Crippen LogP contribution in [0.1, 0.15) is 62.0 Å². The Morgan fingerprint density at radius 2 is 1.98 bits per heavy atom. The number of nitrogens with one attached hydrogen (secondary N) is 1. The molecule has 2 aliphatic rings. The summed E-state index contributed by atoms with van der Waals surface area (Å²) in [6, 6.07) is 1.25. The number of halogens is 3. The van der Waals surface area contributed by atoms with Crippen molar-refractivity contribution in [2.75, 3.05) is 13.2 Å². The number of esters is 2. The van der Waals surface area contributed by atoms with Gasteiger partial charge >= 0.3 is 11.9 Å². The van der Waals surface area contributed by atoms with E-state index in [2.05, 4.69) is 10.3 Å². The molecule has 0 amide bonds. The van der Waals surface area contributed by atoms with Crippen LogP contribution in [0.4, 0.5) is 8.78 Å². The number of carbonyl (C=O) groups is 2. The molecule has 2 atom stereocenters. The number of thiazole rings is 1. The molecule has 0 spiro atoms. The molecular formula is C30H32ClF2N5O4S. The first-order valence-corrected chi connectivity index (χ1v) is 15.3. The normalized spacial score (nSPS) is 18.5. The van der Waals surface area contributed by atoms with E-state index in [0.29, 0.717) is 49.0 Å². The quantitative estimate of drug-likeness (QED) is 0.243. The standard InChI is InChI=1S/C30H32ClF2N5O4S/c1-5-41-28(39)21-24(16-7-10-20-17(13-16)14-38(37-20)15-30(3,4)29(40)42-6-2)35-26(27-34-11-12-43-27)36-25(21)18-8-9-19(32)23(33)22(18)31/h8-9,11-12,14,16,25H,5-7,10,13,15H2,1-4H3,(H,35,36). The number of nitrogens with zero attached hydrogens (tertiary/aromatic N) is 4. The summed E-state index contributed by atoms with van der Waals surface area (Å²) < 4.78 is 41.2. The Hall–Kier alpha value is -3.64. The molecule has 1 N–H and O–H groups in total. The number of fused-ring (bicyclic) bond motifs is 1. The largest absolute Gasteiger partial charge is 0.466 e.